The zero-order chi connectivity index (χ0) is 10.2. The van der Waals surface area contributed by atoms with Gasteiger partial charge in [0, 0.05) is 12.0 Å². The van der Waals surface area contributed by atoms with Gasteiger partial charge in [0.1, 0.15) is 15.4 Å². The van der Waals surface area contributed by atoms with Crippen LogP contribution in [0.1, 0.15) is 30.4 Å². The summed E-state index contributed by atoms with van der Waals surface area (Å²) in [6.45, 7) is 0.519. The minimum atomic E-state index is -0.543. The number of hydrogen-bond acceptors (Lipinski definition) is 4. The third kappa shape index (κ3) is 1.56. The van der Waals surface area contributed by atoms with Crippen LogP contribution in [0.3, 0.4) is 0 Å². The molecule has 1 saturated carbocycles. The summed E-state index contributed by atoms with van der Waals surface area (Å²) in [5.41, 5.74) is 5.56. The molecule has 78 valence electrons. The standard InChI is InChI=1S/C9H13ClN2OS/c10-6-4-12-8(14-6)7(13)9(5-11)2-1-3-9/h4,7,13H,1-3,5,11H2. The Morgan fingerprint density at radius 3 is 2.79 bits per heavy atom. The van der Waals surface area contributed by atoms with Gasteiger partial charge in [0.2, 0.25) is 0 Å². The lowest BCUT2D eigenvalue weighted by molar-refractivity contribution is -0.0297. The lowest BCUT2D eigenvalue weighted by Gasteiger charge is -2.43. The Morgan fingerprint density at radius 2 is 2.43 bits per heavy atom. The first-order valence-corrected chi connectivity index (χ1v) is 5.87. The van der Waals surface area contributed by atoms with E-state index in [4.69, 9.17) is 17.3 Å². The summed E-state index contributed by atoms with van der Waals surface area (Å²) in [6, 6.07) is 0. The Balaban J connectivity index is 2.18. The highest BCUT2D eigenvalue weighted by Crippen LogP contribution is 2.50. The zero-order valence-electron chi connectivity index (χ0n) is 7.74. The number of hydrogen-bond donors (Lipinski definition) is 2. The highest BCUT2D eigenvalue weighted by molar-refractivity contribution is 7.15. The maximum absolute atomic E-state index is 10.1. The number of nitrogens with two attached hydrogens (primary N) is 1. The lowest BCUT2D eigenvalue weighted by Crippen LogP contribution is -2.42. The van der Waals surface area contributed by atoms with Crippen molar-refractivity contribution in [3.8, 4) is 0 Å². The molecule has 5 heteroatoms. The van der Waals surface area contributed by atoms with Gasteiger partial charge in [-0.25, -0.2) is 4.98 Å². The number of halogens is 1. The number of aliphatic hydroxyl groups is 1. The summed E-state index contributed by atoms with van der Waals surface area (Å²) < 4.78 is 0.616. The van der Waals surface area contributed by atoms with Crippen LogP contribution < -0.4 is 5.73 Å². The van der Waals surface area contributed by atoms with E-state index in [2.05, 4.69) is 4.98 Å². The van der Waals surface area contributed by atoms with Gasteiger partial charge in [-0.2, -0.15) is 0 Å². The third-order valence-electron chi connectivity index (χ3n) is 3.07. The highest BCUT2D eigenvalue weighted by atomic mass is 35.5. The maximum atomic E-state index is 10.1. The number of thiazole rings is 1. The molecule has 1 aliphatic rings. The van der Waals surface area contributed by atoms with Gasteiger partial charge < -0.3 is 10.8 Å². The average Bonchev–Trinajstić information content (AvgIpc) is 2.50. The molecule has 1 aromatic rings. The van der Waals surface area contributed by atoms with E-state index in [1.807, 2.05) is 0 Å². The van der Waals surface area contributed by atoms with Crippen molar-refractivity contribution >= 4 is 22.9 Å². The first-order valence-electron chi connectivity index (χ1n) is 4.67. The molecule has 0 bridgehead atoms. The fourth-order valence-electron chi connectivity index (χ4n) is 1.88. The molecule has 1 aromatic heterocycles. The van der Waals surface area contributed by atoms with Gasteiger partial charge in [-0.05, 0) is 12.8 Å². The van der Waals surface area contributed by atoms with Gasteiger partial charge in [-0.1, -0.05) is 18.0 Å². The summed E-state index contributed by atoms with van der Waals surface area (Å²) in [4.78, 5) is 4.09. The second-order valence-electron chi connectivity index (χ2n) is 3.83. The van der Waals surface area contributed by atoms with Crippen molar-refractivity contribution in [2.24, 2.45) is 11.1 Å². The number of aromatic nitrogens is 1. The first kappa shape index (κ1) is 10.4. The van der Waals surface area contributed by atoms with Crippen molar-refractivity contribution in [1.29, 1.82) is 0 Å². The van der Waals surface area contributed by atoms with Crippen LogP contribution >= 0.6 is 22.9 Å². The Bertz CT molecular complexity index is 319. The third-order valence-corrected chi connectivity index (χ3v) is 4.23. The molecule has 2 rings (SSSR count). The minimum absolute atomic E-state index is 0.138. The topological polar surface area (TPSA) is 59.1 Å². The van der Waals surface area contributed by atoms with E-state index in [0.29, 0.717) is 15.9 Å². The fraction of sp³-hybridized carbons (Fsp3) is 0.667. The largest absolute Gasteiger partial charge is 0.385 e. The molecular formula is C9H13ClN2OS. The molecule has 1 atom stereocenters. The molecule has 3 nitrogen and oxygen atoms in total. The van der Waals surface area contributed by atoms with Crippen LogP contribution in [-0.4, -0.2) is 16.6 Å². The molecule has 0 radical (unpaired) electrons. The van der Waals surface area contributed by atoms with Gasteiger partial charge >= 0.3 is 0 Å². The summed E-state index contributed by atoms with van der Waals surface area (Å²) >= 11 is 7.11. The zero-order valence-corrected chi connectivity index (χ0v) is 9.31. The summed E-state index contributed by atoms with van der Waals surface area (Å²) in [7, 11) is 0. The number of rotatable bonds is 3. The predicted molar refractivity (Wildman–Crippen MR) is 57.4 cm³/mol. The number of nitrogens with zero attached hydrogens (tertiary/aromatic N) is 1. The Hall–Kier alpha value is -0.160. The highest BCUT2D eigenvalue weighted by Gasteiger charge is 2.44. The van der Waals surface area contributed by atoms with Crippen molar-refractivity contribution in [1.82, 2.24) is 4.98 Å². The number of aliphatic hydroxyl groups excluding tert-OH is 1. The van der Waals surface area contributed by atoms with E-state index in [9.17, 15) is 5.11 Å². The maximum Gasteiger partial charge on any atom is 0.123 e. The fourth-order valence-corrected chi connectivity index (χ4v) is 2.93. The second-order valence-corrected chi connectivity index (χ2v) is 5.52. The van der Waals surface area contributed by atoms with Gasteiger partial charge in [-0.15, -0.1) is 11.3 Å². The Kier molecular flexibility index (Phi) is 2.79. The summed E-state index contributed by atoms with van der Waals surface area (Å²) in [5, 5.41) is 10.8. The molecule has 0 saturated heterocycles. The van der Waals surface area contributed by atoms with Crippen molar-refractivity contribution < 1.29 is 5.11 Å². The molecule has 1 fully saturated rings. The molecule has 1 unspecified atom stereocenters. The van der Waals surface area contributed by atoms with Gasteiger partial charge in [0.15, 0.2) is 0 Å². The van der Waals surface area contributed by atoms with E-state index in [-0.39, 0.29) is 5.41 Å². The van der Waals surface area contributed by atoms with Crippen molar-refractivity contribution in [2.75, 3.05) is 6.54 Å². The van der Waals surface area contributed by atoms with Crippen LogP contribution in [-0.2, 0) is 0 Å². The van der Waals surface area contributed by atoms with Crippen LogP contribution in [0.25, 0.3) is 0 Å². The SMILES string of the molecule is NCC1(C(O)c2ncc(Cl)s2)CCC1. The van der Waals surface area contributed by atoms with E-state index in [1.165, 1.54) is 11.3 Å². The Morgan fingerprint density at radius 1 is 1.71 bits per heavy atom. The first-order chi connectivity index (χ1) is 6.68. The normalized spacial score (nSPS) is 21.6. The van der Waals surface area contributed by atoms with E-state index in [0.717, 1.165) is 19.3 Å². The molecule has 0 aliphatic heterocycles. The second kappa shape index (κ2) is 3.77. The monoisotopic (exact) mass is 232 g/mol. The van der Waals surface area contributed by atoms with Gasteiger partial charge in [0.25, 0.3) is 0 Å². The van der Waals surface area contributed by atoms with Crippen molar-refractivity contribution in [2.45, 2.75) is 25.4 Å². The van der Waals surface area contributed by atoms with E-state index < -0.39 is 6.10 Å². The summed E-state index contributed by atoms with van der Waals surface area (Å²) in [5.74, 6) is 0. The smallest absolute Gasteiger partial charge is 0.123 e. The quantitative estimate of drug-likeness (QED) is 0.838. The van der Waals surface area contributed by atoms with Crippen molar-refractivity contribution in [3.05, 3.63) is 15.5 Å². The van der Waals surface area contributed by atoms with Crippen molar-refractivity contribution in [3.63, 3.8) is 0 Å². The van der Waals surface area contributed by atoms with Gasteiger partial charge in [-0.3, -0.25) is 0 Å². The van der Waals surface area contributed by atoms with Crippen LogP contribution in [0.2, 0.25) is 4.34 Å². The van der Waals surface area contributed by atoms with Crippen LogP contribution in [0, 0.1) is 5.41 Å². The van der Waals surface area contributed by atoms with Crippen LogP contribution in [0.15, 0.2) is 6.20 Å². The van der Waals surface area contributed by atoms with Gasteiger partial charge in [0.05, 0.1) is 6.20 Å². The predicted octanol–water partition coefficient (Wildman–Crippen LogP) is 1.96. The summed E-state index contributed by atoms with van der Waals surface area (Å²) in [6.07, 6.45) is 4.16. The van der Waals surface area contributed by atoms with Crippen LogP contribution in [0.5, 0.6) is 0 Å². The van der Waals surface area contributed by atoms with Crippen LogP contribution in [0.4, 0.5) is 0 Å². The Labute approximate surface area is 91.9 Å². The molecule has 3 N–H and O–H groups in total. The average molecular weight is 233 g/mol. The minimum Gasteiger partial charge on any atom is -0.385 e. The molecule has 1 aliphatic carbocycles. The molecular weight excluding hydrogens is 220 g/mol. The molecule has 0 spiro atoms. The van der Waals surface area contributed by atoms with E-state index >= 15 is 0 Å². The molecule has 0 amide bonds. The molecule has 1 heterocycles. The lowest BCUT2D eigenvalue weighted by atomic mass is 9.65. The molecule has 14 heavy (non-hydrogen) atoms. The molecule has 0 aromatic carbocycles. The van der Waals surface area contributed by atoms with E-state index in [1.54, 1.807) is 6.20 Å².